The van der Waals surface area contributed by atoms with Crippen LogP contribution in [0.15, 0.2) is 28.7 Å². The molecule has 1 amide bonds. The van der Waals surface area contributed by atoms with Crippen LogP contribution in [-0.4, -0.2) is 42.9 Å². The maximum atomic E-state index is 11.9. The molecule has 24 heavy (non-hydrogen) atoms. The first-order chi connectivity index (χ1) is 11.4. The zero-order chi connectivity index (χ0) is 17.5. The van der Waals surface area contributed by atoms with Crippen LogP contribution < -0.4 is 21.1 Å². The van der Waals surface area contributed by atoms with Gasteiger partial charge < -0.3 is 15.0 Å². The van der Waals surface area contributed by atoms with Gasteiger partial charge in [0.1, 0.15) is 25.3 Å². The number of anilines is 1. The number of nitrogens with one attached hydrogen (secondary N) is 4. The van der Waals surface area contributed by atoms with Gasteiger partial charge in [0.15, 0.2) is 5.11 Å². The molecule has 132 valence electrons. The molecule has 0 unspecified atom stereocenters. The van der Waals surface area contributed by atoms with Gasteiger partial charge in [-0.2, -0.15) is 0 Å². The molecule has 1 aromatic carbocycles. The highest BCUT2D eigenvalue weighted by molar-refractivity contribution is 9.10. The second kappa shape index (κ2) is 9.31. The number of hydrogen-bond acceptors (Lipinski definition) is 3. The second-order valence-electron chi connectivity index (χ2n) is 6.05. The van der Waals surface area contributed by atoms with Crippen molar-refractivity contribution in [1.82, 2.24) is 10.9 Å². The first-order valence-electron chi connectivity index (χ1n) is 8.03. The maximum absolute atomic E-state index is 11.9. The van der Waals surface area contributed by atoms with E-state index < -0.39 is 0 Å². The third-order valence-corrected chi connectivity index (χ3v) is 4.42. The van der Waals surface area contributed by atoms with Crippen LogP contribution in [-0.2, 0) is 9.53 Å². The first kappa shape index (κ1) is 19.1. The van der Waals surface area contributed by atoms with Crippen molar-refractivity contribution in [2.24, 2.45) is 0 Å². The van der Waals surface area contributed by atoms with E-state index in [1.807, 2.05) is 24.3 Å². The summed E-state index contributed by atoms with van der Waals surface area (Å²) in [5, 5.41) is 3.36. The van der Waals surface area contributed by atoms with Crippen molar-refractivity contribution in [1.29, 1.82) is 0 Å². The summed E-state index contributed by atoms with van der Waals surface area (Å²) in [6.07, 6.45) is 0.931. The highest BCUT2D eigenvalue weighted by atomic mass is 79.9. The van der Waals surface area contributed by atoms with Crippen molar-refractivity contribution in [2.45, 2.75) is 32.5 Å². The fourth-order valence-electron chi connectivity index (χ4n) is 2.80. The number of quaternary nitrogens is 1. The Hall–Kier alpha value is -1.22. The van der Waals surface area contributed by atoms with E-state index in [1.54, 1.807) is 0 Å². The number of amides is 1. The molecule has 0 radical (unpaired) electrons. The Balaban J connectivity index is 1.66. The van der Waals surface area contributed by atoms with E-state index in [4.69, 9.17) is 17.0 Å². The number of halogens is 1. The Morgan fingerprint density at radius 1 is 1.33 bits per heavy atom. The second-order valence-corrected chi connectivity index (χ2v) is 7.38. The summed E-state index contributed by atoms with van der Waals surface area (Å²) in [5.74, 6) is -0.0762. The van der Waals surface area contributed by atoms with Gasteiger partial charge in [0.05, 0.1) is 13.0 Å². The Morgan fingerprint density at radius 2 is 2.04 bits per heavy atom. The van der Waals surface area contributed by atoms with Gasteiger partial charge in [-0.3, -0.25) is 15.6 Å². The fraction of sp³-hybridized carbons (Fsp3) is 0.500. The smallest absolute Gasteiger partial charge is 0.244 e. The quantitative estimate of drug-likeness (QED) is 0.433. The number of hydrogen-bond donors (Lipinski definition) is 4. The average molecular weight is 416 g/mol. The molecule has 1 aromatic rings. The van der Waals surface area contributed by atoms with Crippen molar-refractivity contribution in [3.8, 4) is 0 Å². The number of carbonyl (C=O) groups excluding carboxylic acids is 1. The zero-order valence-corrected chi connectivity index (χ0v) is 16.3. The molecule has 1 heterocycles. The Kier molecular flexibility index (Phi) is 7.41. The van der Waals surface area contributed by atoms with Gasteiger partial charge in [-0.1, -0.05) is 22.0 Å². The van der Waals surface area contributed by atoms with Gasteiger partial charge in [0, 0.05) is 10.2 Å². The van der Waals surface area contributed by atoms with Crippen LogP contribution >= 0.6 is 28.1 Å². The lowest BCUT2D eigenvalue weighted by Crippen LogP contribution is -3.15. The van der Waals surface area contributed by atoms with Crippen molar-refractivity contribution < 1.29 is 14.4 Å². The van der Waals surface area contributed by atoms with E-state index in [0.29, 0.717) is 11.5 Å². The Morgan fingerprint density at radius 3 is 2.71 bits per heavy atom. The molecule has 0 aromatic heterocycles. The van der Waals surface area contributed by atoms with Gasteiger partial charge in [-0.15, -0.1) is 0 Å². The molecule has 6 nitrogen and oxygen atoms in total. The standard InChI is InChI=1S/C16H23BrN4O2S/c1-11-9-21(10-12(2)23-11)7-6-15(22)19-20-16(24)18-14-5-3-4-13(17)8-14/h3-5,8,11-12H,6-7,9-10H2,1-2H3,(H,19,22)(H2,18,20,24)/p+1/t11-,12-/m1/s1. The molecule has 0 saturated carbocycles. The molecule has 1 saturated heterocycles. The fourth-order valence-corrected chi connectivity index (χ4v) is 3.37. The van der Waals surface area contributed by atoms with Crippen LogP contribution in [0, 0.1) is 0 Å². The molecular formula is C16H24BrN4O2S+. The van der Waals surface area contributed by atoms with Crippen LogP contribution in [0.3, 0.4) is 0 Å². The Bertz CT molecular complexity index is 577. The number of ether oxygens (including phenoxy) is 1. The molecule has 4 N–H and O–H groups in total. The molecule has 0 spiro atoms. The van der Waals surface area contributed by atoms with Crippen LogP contribution in [0.2, 0.25) is 0 Å². The predicted molar refractivity (Wildman–Crippen MR) is 102 cm³/mol. The van der Waals surface area contributed by atoms with Crippen molar-refractivity contribution in [2.75, 3.05) is 25.0 Å². The molecule has 1 fully saturated rings. The summed E-state index contributed by atoms with van der Waals surface area (Å²) >= 11 is 8.56. The molecule has 0 bridgehead atoms. The van der Waals surface area contributed by atoms with E-state index in [0.717, 1.165) is 29.8 Å². The zero-order valence-electron chi connectivity index (χ0n) is 13.9. The minimum absolute atomic E-state index is 0.0762. The van der Waals surface area contributed by atoms with E-state index in [-0.39, 0.29) is 18.1 Å². The highest BCUT2D eigenvalue weighted by Gasteiger charge is 2.25. The molecular weight excluding hydrogens is 392 g/mol. The summed E-state index contributed by atoms with van der Waals surface area (Å²) in [7, 11) is 0. The van der Waals surface area contributed by atoms with Gasteiger partial charge in [-0.25, -0.2) is 0 Å². The normalized spacial score (nSPS) is 23.4. The molecule has 1 aliphatic heterocycles. The monoisotopic (exact) mass is 415 g/mol. The van der Waals surface area contributed by atoms with E-state index in [2.05, 4.69) is 45.9 Å². The highest BCUT2D eigenvalue weighted by Crippen LogP contribution is 2.15. The average Bonchev–Trinajstić information content (AvgIpc) is 2.50. The maximum Gasteiger partial charge on any atom is 0.244 e. The summed E-state index contributed by atoms with van der Waals surface area (Å²) in [4.78, 5) is 13.3. The minimum atomic E-state index is -0.0762. The molecule has 8 heteroatoms. The van der Waals surface area contributed by atoms with Crippen LogP contribution in [0.5, 0.6) is 0 Å². The summed E-state index contributed by atoms with van der Waals surface area (Å²) in [6, 6.07) is 7.63. The van der Waals surface area contributed by atoms with Crippen LogP contribution in [0.25, 0.3) is 0 Å². The van der Waals surface area contributed by atoms with Gasteiger partial charge in [0.2, 0.25) is 5.91 Å². The summed E-state index contributed by atoms with van der Waals surface area (Å²) in [5.41, 5.74) is 6.20. The van der Waals surface area contributed by atoms with Gasteiger partial charge >= 0.3 is 0 Å². The lowest BCUT2D eigenvalue weighted by Gasteiger charge is -2.32. The molecule has 0 aliphatic carbocycles. The Labute approximate surface area is 156 Å². The van der Waals surface area contributed by atoms with Crippen molar-refractivity contribution in [3.05, 3.63) is 28.7 Å². The first-order valence-corrected chi connectivity index (χ1v) is 9.23. The molecule has 1 aliphatic rings. The van der Waals surface area contributed by atoms with Gasteiger partial charge in [0.25, 0.3) is 0 Å². The van der Waals surface area contributed by atoms with Crippen molar-refractivity contribution in [3.63, 3.8) is 0 Å². The number of rotatable bonds is 4. The third-order valence-electron chi connectivity index (χ3n) is 3.72. The third kappa shape index (κ3) is 6.72. The molecule has 2 rings (SSSR count). The summed E-state index contributed by atoms with van der Waals surface area (Å²) < 4.78 is 6.66. The lowest BCUT2D eigenvalue weighted by molar-refractivity contribution is -0.914. The number of benzene rings is 1. The number of hydrazine groups is 1. The van der Waals surface area contributed by atoms with E-state index >= 15 is 0 Å². The van der Waals surface area contributed by atoms with Gasteiger partial charge in [-0.05, 0) is 44.3 Å². The number of morpholine rings is 1. The molecule has 2 atom stereocenters. The topological polar surface area (TPSA) is 66.8 Å². The van der Waals surface area contributed by atoms with E-state index in [9.17, 15) is 4.79 Å². The SMILES string of the molecule is C[C@@H]1C[NH+](CCC(=O)NNC(=S)Nc2cccc(Br)c2)C[C@@H](C)O1. The largest absolute Gasteiger partial charge is 0.364 e. The predicted octanol–water partition coefficient (Wildman–Crippen LogP) is 0.849. The van der Waals surface area contributed by atoms with Crippen molar-refractivity contribution >= 4 is 44.9 Å². The van der Waals surface area contributed by atoms with Crippen LogP contribution in [0.4, 0.5) is 5.69 Å². The lowest BCUT2D eigenvalue weighted by atomic mass is 10.2. The van der Waals surface area contributed by atoms with E-state index in [1.165, 1.54) is 4.90 Å². The number of carbonyl (C=O) groups is 1. The summed E-state index contributed by atoms with van der Waals surface area (Å²) in [6.45, 7) is 6.81. The van der Waals surface area contributed by atoms with Crippen LogP contribution in [0.1, 0.15) is 20.3 Å². The minimum Gasteiger partial charge on any atom is -0.364 e. The number of thiocarbonyl (C=S) groups is 1.